The van der Waals surface area contributed by atoms with Gasteiger partial charge in [0.05, 0.1) is 6.04 Å². The highest BCUT2D eigenvalue weighted by Crippen LogP contribution is 2.17. The maximum absolute atomic E-state index is 12.7. The molecule has 0 unspecified atom stereocenters. The van der Waals surface area contributed by atoms with Gasteiger partial charge in [0.1, 0.15) is 11.5 Å². The van der Waals surface area contributed by atoms with Gasteiger partial charge in [-0.3, -0.25) is 9.59 Å². The van der Waals surface area contributed by atoms with Gasteiger partial charge in [0.25, 0.3) is 0 Å². The van der Waals surface area contributed by atoms with Crippen molar-refractivity contribution in [2.75, 3.05) is 13.2 Å². The van der Waals surface area contributed by atoms with Gasteiger partial charge in [-0.2, -0.15) is 0 Å². The van der Waals surface area contributed by atoms with Crippen LogP contribution in [0.25, 0.3) is 0 Å². The third-order valence-corrected chi connectivity index (χ3v) is 4.81. The average molecular weight is 457 g/mol. The maximum Gasteiger partial charge on any atom is 0.341 e. The van der Waals surface area contributed by atoms with E-state index in [1.54, 1.807) is 55.5 Å². The SMILES string of the molecule is CC(=O)[C@H](Cc1ccc(OCC(=O)O)cc1)NC(=O)[C@@H](C)Cc1ccc(OCC(=O)O)cc1. The highest BCUT2D eigenvalue weighted by atomic mass is 16.5. The van der Waals surface area contributed by atoms with Gasteiger partial charge in [0, 0.05) is 5.92 Å². The lowest BCUT2D eigenvalue weighted by atomic mass is 9.98. The zero-order valence-electron chi connectivity index (χ0n) is 18.4. The van der Waals surface area contributed by atoms with Crippen LogP contribution in [0.4, 0.5) is 0 Å². The van der Waals surface area contributed by atoms with Crippen LogP contribution in [0, 0.1) is 5.92 Å². The summed E-state index contributed by atoms with van der Waals surface area (Å²) in [6.45, 7) is 2.30. The Balaban J connectivity index is 1.91. The van der Waals surface area contributed by atoms with Crippen molar-refractivity contribution in [1.29, 1.82) is 0 Å². The standard InChI is InChI=1S/C24H27NO8/c1-15(11-17-3-7-19(8-4-17)32-13-22(27)28)24(31)25-21(16(2)26)12-18-5-9-20(10-6-18)33-14-23(29)30/h3-10,15,21H,11-14H2,1-2H3,(H,25,31)(H,27,28)(H,29,30)/t15-,21-/m0/s1. The van der Waals surface area contributed by atoms with Crippen molar-refractivity contribution >= 4 is 23.6 Å². The van der Waals surface area contributed by atoms with Gasteiger partial charge < -0.3 is 25.0 Å². The van der Waals surface area contributed by atoms with Crippen molar-refractivity contribution in [3.63, 3.8) is 0 Å². The minimum Gasteiger partial charge on any atom is -0.482 e. The Morgan fingerprint density at radius 2 is 1.21 bits per heavy atom. The molecule has 0 bridgehead atoms. The van der Waals surface area contributed by atoms with Crippen LogP contribution in [0.2, 0.25) is 0 Å². The molecule has 0 saturated carbocycles. The second-order valence-corrected chi connectivity index (χ2v) is 7.63. The first-order chi connectivity index (χ1) is 15.6. The predicted octanol–water partition coefficient (Wildman–Crippen LogP) is 2.11. The molecule has 3 N–H and O–H groups in total. The molecule has 9 nitrogen and oxygen atoms in total. The average Bonchev–Trinajstić information content (AvgIpc) is 2.77. The lowest BCUT2D eigenvalue weighted by Gasteiger charge is -2.19. The molecule has 0 radical (unpaired) electrons. The van der Waals surface area contributed by atoms with Gasteiger partial charge in [0.2, 0.25) is 5.91 Å². The molecule has 0 fully saturated rings. The van der Waals surface area contributed by atoms with Crippen molar-refractivity contribution in [2.45, 2.75) is 32.7 Å². The molecule has 2 aromatic carbocycles. The number of nitrogens with one attached hydrogen (secondary N) is 1. The van der Waals surface area contributed by atoms with Crippen LogP contribution in [0.3, 0.4) is 0 Å². The Morgan fingerprint density at radius 3 is 1.61 bits per heavy atom. The van der Waals surface area contributed by atoms with E-state index in [0.717, 1.165) is 11.1 Å². The molecule has 0 heterocycles. The lowest BCUT2D eigenvalue weighted by molar-refractivity contribution is -0.140. The maximum atomic E-state index is 12.7. The molecular formula is C24H27NO8. The predicted molar refractivity (Wildman–Crippen MR) is 118 cm³/mol. The summed E-state index contributed by atoms with van der Waals surface area (Å²) in [5.74, 6) is -2.15. The molecule has 0 aliphatic heterocycles. The molecule has 1 amide bonds. The summed E-state index contributed by atoms with van der Waals surface area (Å²) in [4.78, 5) is 45.9. The number of aliphatic carboxylic acids is 2. The highest BCUT2D eigenvalue weighted by molar-refractivity contribution is 5.88. The van der Waals surface area contributed by atoms with Crippen LogP contribution in [0.15, 0.2) is 48.5 Å². The Hall–Kier alpha value is -3.88. The number of Topliss-reactive ketones (excluding diaryl/α,β-unsaturated/α-hetero) is 1. The van der Waals surface area contributed by atoms with Gasteiger partial charge >= 0.3 is 11.9 Å². The van der Waals surface area contributed by atoms with E-state index in [1.807, 2.05) is 0 Å². The number of benzene rings is 2. The van der Waals surface area contributed by atoms with Crippen LogP contribution < -0.4 is 14.8 Å². The van der Waals surface area contributed by atoms with Crippen molar-refractivity contribution < 1.29 is 38.9 Å². The van der Waals surface area contributed by atoms with E-state index < -0.39 is 37.1 Å². The number of rotatable bonds is 13. The van der Waals surface area contributed by atoms with Crippen molar-refractivity contribution in [3.05, 3.63) is 59.7 Å². The smallest absolute Gasteiger partial charge is 0.341 e. The Bertz CT molecular complexity index is 969. The molecule has 0 aromatic heterocycles. The largest absolute Gasteiger partial charge is 0.482 e. The van der Waals surface area contributed by atoms with E-state index in [4.69, 9.17) is 19.7 Å². The topological polar surface area (TPSA) is 139 Å². The summed E-state index contributed by atoms with van der Waals surface area (Å²) >= 11 is 0. The normalized spacial score (nSPS) is 12.3. The molecule has 9 heteroatoms. The van der Waals surface area contributed by atoms with Crippen LogP contribution in [-0.4, -0.2) is 53.1 Å². The van der Waals surface area contributed by atoms with Gasteiger partial charge in [-0.25, -0.2) is 9.59 Å². The van der Waals surface area contributed by atoms with E-state index in [0.29, 0.717) is 24.3 Å². The van der Waals surface area contributed by atoms with E-state index in [1.165, 1.54) is 6.92 Å². The molecule has 0 aliphatic rings. The van der Waals surface area contributed by atoms with E-state index in [-0.39, 0.29) is 11.7 Å². The molecule has 2 atom stereocenters. The third-order valence-electron chi connectivity index (χ3n) is 4.81. The fraction of sp³-hybridized carbons (Fsp3) is 0.333. The van der Waals surface area contributed by atoms with Crippen molar-refractivity contribution in [1.82, 2.24) is 5.32 Å². The van der Waals surface area contributed by atoms with Crippen LogP contribution in [-0.2, 0) is 32.0 Å². The molecule has 2 aromatic rings. The summed E-state index contributed by atoms with van der Waals surface area (Å²) in [6.07, 6.45) is 0.730. The number of carboxylic acid groups (broad SMARTS) is 2. The van der Waals surface area contributed by atoms with Gasteiger partial charge in [-0.1, -0.05) is 31.2 Å². The summed E-state index contributed by atoms with van der Waals surface area (Å²) in [7, 11) is 0. The number of hydrogen-bond donors (Lipinski definition) is 3. The fourth-order valence-corrected chi connectivity index (χ4v) is 3.03. The molecule has 0 saturated heterocycles. The summed E-state index contributed by atoms with van der Waals surface area (Å²) in [5.41, 5.74) is 1.67. The number of carbonyl (C=O) groups excluding carboxylic acids is 2. The number of ketones is 1. The number of hydrogen-bond acceptors (Lipinski definition) is 6. The number of carboxylic acids is 2. The second kappa shape index (κ2) is 12.2. The van der Waals surface area contributed by atoms with Crippen molar-refractivity contribution in [2.24, 2.45) is 5.92 Å². The van der Waals surface area contributed by atoms with E-state index in [2.05, 4.69) is 5.32 Å². The quantitative estimate of drug-likeness (QED) is 0.416. The monoisotopic (exact) mass is 457 g/mol. The fourth-order valence-electron chi connectivity index (χ4n) is 3.03. The van der Waals surface area contributed by atoms with Crippen molar-refractivity contribution in [3.8, 4) is 11.5 Å². The Morgan fingerprint density at radius 1 is 0.788 bits per heavy atom. The molecule has 176 valence electrons. The first kappa shape index (κ1) is 25.4. The van der Waals surface area contributed by atoms with Crippen LogP contribution >= 0.6 is 0 Å². The van der Waals surface area contributed by atoms with Crippen LogP contribution in [0.1, 0.15) is 25.0 Å². The summed E-state index contributed by atoms with van der Waals surface area (Å²) in [6, 6.07) is 12.8. The number of amides is 1. The minimum absolute atomic E-state index is 0.179. The van der Waals surface area contributed by atoms with E-state index in [9.17, 15) is 19.2 Å². The lowest BCUT2D eigenvalue weighted by Crippen LogP contribution is -2.44. The zero-order chi connectivity index (χ0) is 24.4. The molecule has 2 rings (SSSR count). The van der Waals surface area contributed by atoms with E-state index >= 15 is 0 Å². The van der Waals surface area contributed by atoms with Gasteiger partial charge in [0.15, 0.2) is 19.0 Å². The molecule has 33 heavy (non-hydrogen) atoms. The number of carbonyl (C=O) groups is 4. The minimum atomic E-state index is -1.07. The third kappa shape index (κ3) is 9.02. The first-order valence-electron chi connectivity index (χ1n) is 10.3. The summed E-state index contributed by atoms with van der Waals surface area (Å²) in [5, 5.41) is 20.1. The second-order valence-electron chi connectivity index (χ2n) is 7.63. The molecule has 0 spiro atoms. The number of ether oxygens (including phenoxy) is 2. The Kier molecular flexibility index (Phi) is 9.41. The Labute approximate surface area is 191 Å². The molecule has 0 aliphatic carbocycles. The van der Waals surface area contributed by atoms with Gasteiger partial charge in [-0.15, -0.1) is 0 Å². The van der Waals surface area contributed by atoms with Gasteiger partial charge in [-0.05, 0) is 55.2 Å². The molecular weight excluding hydrogens is 430 g/mol. The van der Waals surface area contributed by atoms with Crippen LogP contribution in [0.5, 0.6) is 11.5 Å². The first-order valence-corrected chi connectivity index (χ1v) is 10.3. The summed E-state index contributed by atoms with van der Waals surface area (Å²) < 4.78 is 10.2. The highest BCUT2D eigenvalue weighted by Gasteiger charge is 2.21. The zero-order valence-corrected chi connectivity index (χ0v) is 18.4.